The fraction of sp³-hybridized carbons (Fsp3) is 0.154. The van der Waals surface area contributed by atoms with E-state index in [1.807, 2.05) is 19.0 Å². The van der Waals surface area contributed by atoms with Crippen LogP contribution < -0.4 is 9.62 Å². The molecule has 1 heterocycles. The lowest BCUT2D eigenvalue weighted by atomic mass is 10.3. The Morgan fingerprint density at radius 1 is 1.14 bits per heavy atom. The molecule has 0 amide bonds. The van der Waals surface area contributed by atoms with Gasteiger partial charge in [-0.2, -0.15) is 0 Å². The molecule has 112 valence electrons. The largest absolute Gasteiger partial charge is 0.376 e. The number of nitrogens with one attached hydrogen (secondary N) is 1. The summed E-state index contributed by atoms with van der Waals surface area (Å²) in [7, 11) is -0.0201. The smallest absolute Gasteiger partial charge is 0.263 e. The summed E-state index contributed by atoms with van der Waals surface area (Å²) in [5.41, 5.74) is 1.17. The molecule has 0 aliphatic carbocycles. The van der Waals surface area contributed by atoms with E-state index in [4.69, 9.17) is 23.2 Å². The summed E-state index contributed by atoms with van der Waals surface area (Å²) in [5.74, 6) is 0. The van der Waals surface area contributed by atoms with Gasteiger partial charge in [-0.1, -0.05) is 23.2 Å². The van der Waals surface area contributed by atoms with Gasteiger partial charge in [-0.3, -0.25) is 4.72 Å². The van der Waals surface area contributed by atoms with Crippen LogP contribution in [0, 0.1) is 0 Å². The highest BCUT2D eigenvalue weighted by Crippen LogP contribution is 2.28. The number of nitrogens with zero attached hydrogens (tertiary/aromatic N) is 2. The van der Waals surface area contributed by atoms with Crippen molar-refractivity contribution in [3.63, 3.8) is 0 Å². The van der Waals surface area contributed by atoms with Gasteiger partial charge in [-0.05, 0) is 30.3 Å². The van der Waals surface area contributed by atoms with Crippen LogP contribution >= 0.6 is 23.2 Å². The molecule has 0 spiro atoms. The molecule has 0 bridgehead atoms. The van der Waals surface area contributed by atoms with Crippen molar-refractivity contribution in [2.24, 2.45) is 0 Å². The third-order valence-corrected chi connectivity index (χ3v) is 4.59. The van der Waals surface area contributed by atoms with Gasteiger partial charge in [-0.15, -0.1) is 0 Å². The van der Waals surface area contributed by atoms with Crippen LogP contribution in [-0.4, -0.2) is 27.5 Å². The van der Waals surface area contributed by atoms with Crippen molar-refractivity contribution in [1.82, 2.24) is 4.98 Å². The number of anilines is 2. The summed E-state index contributed by atoms with van der Waals surface area (Å²) in [6.45, 7) is 0. The normalized spacial score (nSPS) is 11.2. The quantitative estimate of drug-likeness (QED) is 0.864. The van der Waals surface area contributed by atoms with Crippen molar-refractivity contribution in [1.29, 1.82) is 0 Å². The zero-order valence-corrected chi connectivity index (χ0v) is 13.7. The monoisotopic (exact) mass is 345 g/mol. The Kier molecular flexibility index (Phi) is 4.61. The van der Waals surface area contributed by atoms with Gasteiger partial charge < -0.3 is 4.90 Å². The van der Waals surface area contributed by atoms with E-state index in [1.54, 1.807) is 18.2 Å². The van der Waals surface area contributed by atoms with Crippen LogP contribution in [0.3, 0.4) is 0 Å². The van der Waals surface area contributed by atoms with E-state index in [-0.39, 0.29) is 10.0 Å². The summed E-state index contributed by atoms with van der Waals surface area (Å²) in [4.78, 5) is 5.62. The van der Waals surface area contributed by atoms with Gasteiger partial charge in [0.2, 0.25) is 0 Å². The van der Waals surface area contributed by atoms with E-state index in [2.05, 4.69) is 9.71 Å². The topological polar surface area (TPSA) is 62.3 Å². The number of halogens is 2. The van der Waals surface area contributed by atoms with Crippen LogP contribution in [-0.2, 0) is 10.0 Å². The molecule has 0 fully saturated rings. The second-order valence-electron chi connectivity index (χ2n) is 4.48. The predicted octanol–water partition coefficient (Wildman–Crippen LogP) is 3.26. The molecule has 0 atom stereocenters. The molecule has 21 heavy (non-hydrogen) atoms. The molecule has 1 aromatic heterocycles. The maximum Gasteiger partial charge on any atom is 0.263 e. The highest BCUT2D eigenvalue weighted by atomic mass is 35.5. The molecular weight excluding hydrogens is 333 g/mol. The van der Waals surface area contributed by atoms with Crippen LogP contribution in [0.15, 0.2) is 41.4 Å². The zero-order chi connectivity index (χ0) is 15.6. The lowest BCUT2D eigenvalue weighted by Crippen LogP contribution is -2.14. The SMILES string of the molecule is CN(C)c1ccc(NS(=O)(=O)c2ccc(Cl)nc2)cc1Cl. The van der Waals surface area contributed by atoms with E-state index < -0.39 is 10.0 Å². The molecule has 2 aromatic rings. The highest BCUT2D eigenvalue weighted by Gasteiger charge is 2.15. The van der Waals surface area contributed by atoms with Gasteiger partial charge in [0.25, 0.3) is 10.0 Å². The average Bonchev–Trinajstić information content (AvgIpc) is 2.38. The standard InChI is InChI=1S/C13H13Cl2N3O2S/c1-18(2)12-5-3-9(7-11(12)14)17-21(19,20)10-4-6-13(15)16-8-10/h3-8,17H,1-2H3. The van der Waals surface area contributed by atoms with Crippen LogP contribution in [0.25, 0.3) is 0 Å². The number of hydrogen-bond acceptors (Lipinski definition) is 4. The average molecular weight is 346 g/mol. The molecule has 0 saturated heterocycles. The molecule has 0 aliphatic rings. The van der Waals surface area contributed by atoms with Crippen LogP contribution in [0.2, 0.25) is 10.2 Å². The van der Waals surface area contributed by atoms with Crippen molar-refractivity contribution in [2.75, 3.05) is 23.7 Å². The minimum Gasteiger partial charge on any atom is -0.376 e. The number of benzene rings is 1. The van der Waals surface area contributed by atoms with Crippen molar-refractivity contribution in [3.05, 3.63) is 46.7 Å². The highest BCUT2D eigenvalue weighted by molar-refractivity contribution is 7.92. The molecule has 5 nitrogen and oxygen atoms in total. The minimum absolute atomic E-state index is 0.0275. The molecule has 8 heteroatoms. The molecule has 2 rings (SSSR count). The van der Waals surface area contributed by atoms with Gasteiger partial charge in [0.1, 0.15) is 10.0 Å². The molecule has 1 aromatic carbocycles. The molecule has 1 N–H and O–H groups in total. The molecular formula is C13H13Cl2N3O2S. The van der Waals surface area contributed by atoms with E-state index >= 15 is 0 Å². The fourth-order valence-corrected chi connectivity index (χ4v) is 3.12. The number of aromatic nitrogens is 1. The first-order valence-corrected chi connectivity index (χ1v) is 8.15. The van der Waals surface area contributed by atoms with Gasteiger partial charge in [-0.25, -0.2) is 13.4 Å². The summed E-state index contributed by atoms with van der Waals surface area (Å²) >= 11 is 11.8. The maximum atomic E-state index is 12.2. The van der Waals surface area contributed by atoms with Crippen molar-refractivity contribution in [3.8, 4) is 0 Å². The Labute approximate surface area is 133 Å². The third-order valence-electron chi connectivity index (χ3n) is 2.69. The summed E-state index contributed by atoms with van der Waals surface area (Å²) in [6.07, 6.45) is 1.19. The number of rotatable bonds is 4. The maximum absolute atomic E-state index is 12.2. The Morgan fingerprint density at radius 2 is 1.86 bits per heavy atom. The zero-order valence-electron chi connectivity index (χ0n) is 11.3. The molecule has 0 saturated carbocycles. The first-order chi connectivity index (χ1) is 9.79. The third kappa shape index (κ3) is 3.78. The van der Waals surface area contributed by atoms with Crippen LogP contribution in [0.5, 0.6) is 0 Å². The van der Waals surface area contributed by atoms with Crippen molar-refractivity contribution in [2.45, 2.75) is 4.90 Å². The molecule has 0 radical (unpaired) electrons. The van der Waals surface area contributed by atoms with Crippen LogP contribution in [0.1, 0.15) is 0 Å². The van der Waals surface area contributed by atoms with E-state index in [0.717, 1.165) is 5.69 Å². The van der Waals surface area contributed by atoms with Crippen molar-refractivity contribution >= 4 is 44.6 Å². The first-order valence-electron chi connectivity index (χ1n) is 5.91. The first kappa shape index (κ1) is 15.9. The Hall–Kier alpha value is -1.50. The summed E-state index contributed by atoms with van der Waals surface area (Å²) in [5, 5.41) is 0.682. The number of pyridine rings is 1. The van der Waals surface area contributed by atoms with Gasteiger partial charge in [0.05, 0.1) is 16.4 Å². The van der Waals surface area contributed by atoms with Crippen molar-refractivity contribution < 1.29 is 8.42 Å². The second-order valence-corrected chi connectivity index (χ2v) is 6.96. The summed E-state index contributed by atoms with van der Waals surface area (Å²) in [6, 6.07) is 7.73. The number of sulfonamides is 1. The second kappa shape index (κ2) is 6.09. The summed E-state index contributed by atoms with van der Waals surface area (Å²) < 4.78 is 26.8. The van der Waals surface area contributed by atoms with Gasteiger partial charge in [0.15, 0.2) is 0 Å². The Morgan fingerprint density at radius 3 is 2.38 bits per heavy atom. The molecule has 0 aliphatic heterocycles. The van der Waals surface area contributed by atoms with E-state index in [0.29, 0.717) is 10.7 Å². The number of hydrogen-bond donors (Lipinski definition) is 1. The molecule has 0 unspecified atom stereocenters. The Balaban J connectivity index is 2.29. The lowest BCUT2D eigenvalue weighted by Gasteiger charge is -2.15. The van der Waals surface area contributed by atoms with Crippen LogP contribution in [0.4, 0.5) is 11.4 Å². The van der Waals surface area contributed by atoms with Gasteiger partial charge in [0, 0.05) is 20.3 Å². The lowest BCUT2D eigenvalue weighted by molar-refractivity contribution is 0.601. The minimum atomic E-state index is -3.72. The Bertz CT molecular complexity index is 747. The van der Waals surface area contributed by atoms with E-state index in [9.17, 15) is 8.42 Å². The predicted molar refractivity (Wildman–Crippen MR) is 85.8 cm³/mol. The van der Waals surface area contributed by atoms with Gasteiger partial charge >= 0.3 is 0 Å². The fourth-order valence-electron chi connectivity index (χ4n) is 1.67. The van der Waals surface area contributed by atoms with E-state index in [1.165, 1.54) is 18.3 Å².